The van der Waals surface area contributed by atoms with Crippen molar-refractivity contribution in [2.24, 2.45) is 0 Å². The molecule has 0 saturated carbocycles. The fraction of sp³-hybridized carbons (Fsp3) is 0.120. The van der Waals surface area contributed by atoms with Gasteiger partial charge in [-0.3, -0.25) is 20.1 Å². The number of carbonyl (C=O) groups excluding carboxylic acids is 1. The lowest BCUT2D eigenvalue weighted by Gasteiger charge is -2.13. The number of anilines is 4. The van der Waals surface area contributed by atoms with Crippen molar-refractivity contribution in [2.75, 3.05) is 29.8 Å². The van der Waals surface area contributed by atoms with Crippen LogP contribution < -0.4 is 20.9 Å². The SMILES string of the molecule is CONc1ccccc1OCC(=O)Nc1ccc(C)c(Nc2nccc(-c3cccnc3)n2)c1. The quantitative estimate of drug-likeness (QED) is 0.314. The number of amides is 1. The lowest BCUT2D eigenvalue weighted by atomic mass is 10.1. The van der Waals surface area contributed by atoms with Crippen molar-refractivity contribution < 1.29 is 14.4 Å². The molecule has 2 aromatic carbocycles. The molecule has 0 saturated heterocycles. The highest BCUT2D eigenvalue weighted by atomic mass is 16.6. The summed E-state index contributed by atoms with van der Waals surface area (Å²) in [5.74, 6) is 0.659. The number of nitrogens with zero attached hydrogens (tertiary/aromatic N) is 3. The Hall–Kier alpha value is -4.50. The highest BCUT2D eigenvalue weighted by Crippen LogP contribution is 2.25. The summed E-state index contributed by atoms with van der Waals surface area (Å²) in [6, 6.07) is 18.4. The maximum atomic E-state index is 12.5. The van der Waals surface area contributed by atoms with Crippen LogP contribution in [-0.4, -0.2) is 34.6 Å². The van der Waals surface area contributed by atoms with E-state index in [1.54, 1.807) is 30.7 Å². The van der Waals surface area contributed by atoms with E-state index < -0.39 is 0 Å². The lowest BCUT2D eigenvalue weighted by Crippen LogP contribution is -2.20. The zero-order valence-corrected chi connectivity index (χ0v) is 18.8. The molecule has 0 aliphatic carbocycles. The minimum atomic E-state index is -0.295. The number of hydrogen-bond acceptors (Lipinski definition) is 8. The van der Waals surface area contributed by atoms with E-state index in [-0.39, 0.29) is 12.5 Å². The fourth-order valence-corrected chi connectivity index (χ4v) is 3.18. The number of hydrogen-bond donors (Lipinski definition) is 3. The molecule has 172 valence electrons. The van der Waals surface area contributed by atoms with E-state index in [0.29, 0.717) is 23.1 Å². The van der Waals surface area contributed by atoms with E-state index in [1.165, 1.54) is 7.11 Å². The molecule has 0 unspecified atom stereocenters. The zero-order chi connectivity index (χ0) is 23.8. The smallest absolute Gasteiger partial charge is 0.262 e. The second-order valence-electron chi connectivity index (χ2n) is 7.30. The van der Waals surface area contributed by atoms with Crippen molar-refractivity contribution in [3.63, 3.8) is 0 Å². The van der Waals surface area contributed by atoms with Gasteiger partial charge < -0.3 is 15.4 Å². The molecular formula is C25H24N6O3. The number of aryl methyl sites for hydroxylation is 1. The van der Waals surface area contributed by atoms with Crippen LogP contribution in [0.2, 0.25) is 0 Å². The monoisotopic (exact) mass is 456 g/mol. The van der Waals surface area contributed by atoms with E-state index in [9.17, 15) is 4.79 Å². The lowest BCUT2D eigenvalue weighted by molar-refractivity contribution is -0.118. The Balaban J connectivity index is 1.42. The van der Waals surface area contributed by atoms with Crippen LogP contribution in [0.4, 0.5) is 23.0 Å². The summed E-state index contributed by atoms with van der Waals surface area (Å²) < 4.78 is 5.63. The number of aromatic nitrogens is 3. The normalized spacial score (nSPS) is 10.4. The number of nitrogens with one attached hydrogen (secondary N) is 3. The van der Waals surface area contributed by atoms with Gasteiger partial charge in [-0.25, -0.2) is 9.97 Å². The van der Waals surface area contributed by atoms with Gasteiger partial charge in [-0.2, -0.15) is 0 Å². The molecular weight excluding hydrogens is 432 g/mol. The summed E-state index contributed by atoms with van der Waals surface area (Å²) >= 11 is 0. The van der Waals surface area contributed by atoms with Crippen LogP contribution in [0, 0.1) is 6.92 Å². The Morgan fingerprint density at radius 3 is 2.71 bits per heavy atom. The van der Waals surface area contributed by atoms with Crippen molar-refractivity contribution in [3.05, 3.63) is 84.8 Å². The van der Waals surface area contributed by atoms with Crippen LogP contribution in [-0.2, 0) is 9.63 Å². The highest BCUT2D eigenvalue weighted by Gasteiger charge is 2.10. The topological polar surface area (TPSA) is 110 Å². The van der Waals surface area contributed by atoms with Crippen molar-refractivity contribution in [1.82, 2.24) is 15.0 Å². The second kappa shape index (κ2) is 10.9. The Labute approximate surface area is 197 Å². The minimum absolute atomic E-state index is 0.157. The molecule has 0 radical (unpaired) electrons. The molecule has 9 heteroatoms. The summed E-state index contributed by atoms with van der Waals surface area (Å²) in [7, 11) is 1.51. The van der Waals surface area contributed by atoms with Gasteiger partial charge in [0.25, 0.3) is 5.91 Å². The Morgan fingerprint density at radius 1 is 1.00 bits per heavy atom. The average Bonchev–Trinajstić information content (AvgIpc) is 2.86. The second-order valence-corrected chi connectivity index (χ2v) is 7.30. The standard InChI is InChI=1S/C25H24N6O3/c1-17-9-10-19(28-24(32)16-34-23-8-4-3-7-21(23)31-33-2)14-22(17)30-25-27-13-11-20(29-25)18-6-5-12-26-15-18/h3-15,31H,16H2,1-2H3,(H,28,32)(H,27,29,30). The van der Waals surface area contributed by atoms with Crippen molar-refractivity contribution in [3.8, 4) is 17.0 Å². The van der Waals surface area contributed by atoms with Crippen LogP contribution in [0.1, 0.15) is 5.56 Å². The summed E-state index contributed by atoms with van der Waals surface area (Å²) in [6.07, 6.45) is 5.15. The van der Waals surface area contributed by atoms with E-state index >= 15 is 0 Å². The maximum Gasteiger partial charge on any atom is 0.262 e. The van der Waals surface area contributed by atoms with Gasteiger partial charge in [0.1, 0.15) is 11.4 Å². The summed E-state index contributed by atoms with van der Waals surface area (Å²) in [5.41, 5.74) is 7.38. The Kier molecular flexibility index (Phi) is 7.26. The molecule has 0 aliphatic heterocycles. The summed E-state index contributed by atoms with van der Waals surface area (Å²) in [6.45, 7) is 1.80. The van der Waals surface area contributed by atoms with Gasteiger partial charge in [0, 0.05) is 35.5 Å². The van der Waals surface area contributed by atoms with Crippen molar-refractivity contribution in [1.29, 1.82) is 0 Å². The number of pyridine rings is 1. The van der Waals surface area contributed by atoms with Gasteiger partial charge in [0.15, 0.2) is 6.61 Å². The molecule has 34 heavy (non-hydrogen) atoms. The van der Waals surface area contributed by atoms with Gasteiger partial charge >= 0.3 is 0 Å². The molecule has 2 aromatic heterocycles. The molecule has 1 amide bonds. The van der Waals surface area contributed by atoms with Crippen LogP contribution in [0.15, 0.2) is 79.3 Å². The van der Waals surface area contributed by atoms with Crippen LogP contribution in [0.25, 0.3) is 11.3 Å². The first-order valence-electron chi connectivity index (χ1n) is 10.5. The summed E-state index contributed by atoms with van der Waals surface area (Å²) in [4.78, 5) is 30.4. The minimum Gasteiger partial charge on any atom is -0.482 e. The van der Waals surface area contributed by atoms with Gasteiger partial charge in [-0.1, -0.05) is 18.2 Å². The zero-order valence-electron chi connectivity index (χ0n) is 18.8. The Morgan fingerprint density at radius 2 is 1.88 bits per heavy atom. The third kappa shape index (κ3) is 5.84. The highest BCUT2D eigenvalue weighted by molar-refractivity contribution is 5.92. The Bertz CT molecular complexity index is 1270. The molecule has 4 aromatic rings. The van der Waals surface area contributed by atoms with Crippen molar-refractivity contribution in [2.45, 2.75) is 6.92 Å². The third-order valence-corrected chi connectivity index (χ3v) is 4.84. The molecule has 0 fully saturated rings. The first-order chi connectivity index (χ1) is 16.6. The predicted molar refractivity (Wildman–Crippen MR) is 131 cm³/mol. The van der Waals surface area contributed by atoms with Gasteiger partial charge in [0.05, 0.1) is 12.8 Å². The molecule has 0 aliphatic rings. The number of ether oxygens (including phenoxy) is 1. The molecule has 9 nitrogen and oxygen atoms in total. The van der Waals surface area contributed by atoms with E-state index in [1.807, 2.05) is 55.5 Å². The first kappa shape index (κ1) is 22.7. The molecule has 4 rings (SSSR count). The molecule has 0 atom stereocenters. The maximum absolute atomic E-state index is 12.5. The number of carbonyl (C=O) groups is 1. The molecule has 3 N–H and O–H groups in total. The van der Waals surface area contributed by atoms with E-state index in [4.69, 9.17) is 9.57 Å². The van der Waals surface area contributed by atoms with Crippen molar-refractivity contribution >= 4 is 28.9 Å². The van der Waals surface area contributed by atoms with Crippen LogP contribution >= 0.6 is 0 Å². The van der Waals surface area contributed by atoms with E-state index in [0.717, 1.165) is 22.5 Å². The van der Waals surface area contributed by atoms with E-state index in [2.05, 4.69) is 31.1 Å². The largest absolute Gasteiger partial charge is 0.482 e. The first-order valence-corrected chi connectivity index (χ1v) is 10.5. The average molecular weight is 457 g/mol. The van der Waals surface area contributed by atoms with Gasteiger partial charge in [-0.15, -0.1) is 0 Å². The molecule has 0 bridgehead atoms. The summed E-state index contributed by atoms with van der Waals surface area (Å²) in [5, 5.41) is 6.08. The van der Waals surface area contributed by atoms with Crippen LogP contribution in [0.5, 0.6) is 5.75 Å². The predicted octanol–water partition coefficient (Wildman–Crippen LogP) is 4.58. The molecule has 2 heterocycles. The van der Waals surface area contributed by atoms with Crippen LogP contribution in [0.3, 0.4) is 0 Å². The van der Waals surface area contributed by atoms with Gasteiger partial charge in [-0.05, 0) is 55.0 Å². The van der Waals surface area contributed by atoms with Gasteiger partial charge in [0.2, 0.25) is 5.95 Å². The third-order valence-electron chi connectivity index (χ3n) is 4.84. The number of benzene rings is 2. The number of para-hydroxylation sites is 2. The fourth-order valence-electron chi connectivity index (χ4n) is 3.18. The number of rotatable bonds is 9. The molecule has 0 spiro atoms.